The number of ether oxygens (including phenoxy) is 2. The standard InChI is InChI=1S/C7H13N3O5/c1-14-6-3(2-11)15-7(13)4(5(6)12)9-10-8/h3-7,11-13H,2H2,1H3/t3?,4?,5-,6-,7-/m1/s1. The van der Waals surface area contributed by atoms with E-state index in [0.717, 1.165) is 0 Å². The van der Waals surface area contributed by atoms with Crippen LogP contribution in [0.15, 0.2) is 5.11 Å². The maximum atomic E-state index is 9.69. The molecule has 0 amide bonds. The van der Waals surface area contributed by atoms with Gasteiger partial charge in [-0.25, -0.2) is 0 Å². The van der Waals surface area contributed by atoms with E-state index in [4.69, 9.17) is 20.1 Å². The lowest BCUT2D eigenvalue weighted by atomic mass is 9.97. The minimum absolute atomic E-state index is 0.407. The molecule has 2 unspecified atom stereocenters. The van der Waals surface area contributed by atoms with Crippen LogP contribution in [0.3, 0.4) is 0 Å². The Morgan fingerprint density at radius 3 is 2.67 bits per heavy atom. The largest absolute Gasteiger partial charge is 0.394 e. The molecule has 3 N–H and O–H groups in total. The Bertz CT molecular complexity index is 257. The van der Waals surface area contributed by atoms with E-state index in [9.17, 15) is 10.2 Å². The van der Waals surface area contributed by atoms with Gasteiger partial charge in [0.1, 0.15) is 18.2 Å². The van der Waals surface area contributed by atoms with Crippen molar-refractivity contribution in [2.75, 3.05) is 13.7 Å². The first kappa shape index (κ1) is 12.2. The highest BCUT2D eigenvalue weighted by atomic mass is 16.6. The highest BCUT2D eigenvalue weighted by molar-refractivity contribution is 4.93. The summed E-state index contributed by atoms with van der Waals surface area (Å²) in [5.74, 6) is 0. The highest BCUT2D eigenvalue weighted by Gasteiger charge is 2.44. The molecule has 1 aliphatic rings. The normalized spacial score (nSPS) is 40.9. The van der Waals surface area contributed by atoms with Crippen molar-refractivity contribution in [2.24, 2.45) is 5.11 Å². The van der Waals surface area contributed by atoms with Crippen molar-refractivity contribution < 1.29 is 24.8 Å². The fraction of sp³-hybridized carbons (Fsp3) is 1.00. The van der Waals surface area contributed by atoms with Crippen LogP contribution in [-0.2, 0) is 9.47 Å². The summed E-state index contributed by atoms with van der Waals surface area (Å²) < 4.78 is 9.83. The number of hydrogen-bond acceptors (Lipinski definition) is 6. The van der Waals surface area contributed by atoms with Crippen LogP contribution in [0.5, 0.6) is 0 Å². The third kappa shape index (κ3) is 2.37. The minimum atomic E-state index is -1.44. The second kappa shape index (κ2) is 5.26. The average molecular weight is 219 g/mol. The number of methoxy groups -OCH3 is 1. The third-order valence-corrected chi connectivity index (χ3v) is 2.30. The molecule has 0 aromatic carbocycles. The van der Waals surface area contributed by atoms with Gasteiger partial charge in [-0.2, -0.15) is 0 Å². The lowest BCUT2D eigenvalue weighted by Gasteiger charge is -2.39. The Morgan fingerprint density at radius 1 is 1.53 bits per heavy atom. The fourth-order valence-electron chi connectivity index (χ4n) is 1.54. The monoisotopic (exact) mass is 219 g/mol. The van der Waals surface area contributed by atoms with Crippen LogP contribution in [0, 0.1) is 0 Å². The smallest absolute Gasteiger partial charge is 0.166 e. The lowest BCUT2D eigenvalue weighted by Crippen LogP contribution is -2.58. The van der Waals surface area contributed by atoms with E-state index in [-0.39, 0.29) is 0 Å². The van der Waals surface area contributed by atoms with Gasteiger partial charge < -0.3 is 24.8 Å². The van der Waals surface area contributed by atoms with Crippen LogP contribution in [0.1, 0.15) is 0 Å². The highest BCUT2D eigenvalue weighted by Crippen LogP contribution is 2.23. The molecule has 8 heteroatoms. The number of azide groups is 1. The first-order valence-corrected chi connectivity index (χ1v) is 4.35. The van der Waals surface area contributed by atoms with E-state index in [1.54, 1.807) is 0 Å². The summed E-state index contributed by atoms with van der Waals surface area (Å²) in [5, 5.41) is 31.2. The topological polar surface area (TPSA) is 128 Å². The summed E-state index contributed by atoms with van der Waals surface area (Å²) in [4.78, 5) is 2.49. The zero-order valence-corrected chi connectivity index (χ0v) is 8.09. The van der Waals surface area contributed by atoms with Crippen molar-refractivity contribution >= 4 is 0 Å². The van der Waals surface area contributed by atoms with Crippen molar-refractivity contribution in [1.82, 2.24) is 0 Å². The van der Waals surface area contributed by atoms with Gasteiger partial charge in [0.2, 0.25) is 0 Å². The van der Waals surface area contributed by atoms with Gasteiger partial charge in [0.25, 0.3) is 0 Å². The predicted octanol–water partition coefficient (Wildman–Crippen LogP) is -1.25. The summed E-state index contributed by atoms with van der Waals surface area (Å²) in [5.41, 5.74) is 8.23. The average Bonchev–Trinajstić information content (AvgIpc) is 2.23. The van der Waals surface area contributed by atoms with Gasteiger partial charge >= 0.3 is 0 Å². The molecule has 5 atom stereocenters. The van der Waals surface area contributed by atoms with Crippen molar-refractivity contribution in [1.29, 1.82) is 0 Å². The van der Waals surface area contributed by atoms with E-state index in [0.29, 0.717) is 0 Å². The maximum Gasteiger partial charge on any atom is 0.166 e. The molecule has 1 saturated heterocycles. The molecule has 1 heterocycles. The van der Waals surface area contributed by atoms with E-state index >= 15 is 0 Å². The quantitative estimate of drug-likeness (QED) is 0.310. The molecule has 0 aliphatic carbocycles. The molecule has 0 saturated carbocycles. The van der Waals surface area contributed by atoms with Gasteiger partial charge in [-0.05, 0) is 5.53 Å². The Kier molecular flexibility index (Phi) is 4.28. The fourth-order valence-corrected chi connectivity index (χ4v) is 1.54. The maximum absolute atomic E-state index is 9.69. The van der Waals surface area contributed by atoms with Gasteiger partial charge in [0.15, 0.2) is 6.29 Å². The molecule has 15 heavy (non-hydrogen) atoms. The van der Waals surface area contributed by atoms with E-state index < -0.39 is 37.3 Å². The van der Waals surface area contributed by atoms with Crippen molar-refractivity contribution in [2.45, 2.75) is 30.6 Å². The molecule has 86 valence electrons. The molecule has 1 aliphatic heterocycles. The molecule has 8 nitrogen and oxygen atoms in total. The van der Waals surface area contributed by atoms with E-state index in [1.807, 2.05) is 0 Å². The van der Waals surface area contributed by atoms with Crippen molar-refractivity contribution in [3.63, 3.8) is 0 Å². The summed E-state index contributed by atoms with van der Waals surface area (Å²) in [6.07, 6.45) is -4.34. The minimum Gasteiger partial charge on any atom is -0.394 e. The summed E-state index contributed by atoms with van der Waals surface area (Å²) in [6.45, 7) is -0.407. The second-order valence-electron chi connectivity index (χ2n) is 3.13. The van der Waals surface area contributed by atoms with Crippen molar-refractivity contribution in [3.05, 3.63) is 10.4 Å². The Morgan fingerprint density at radius 2 is 2.20 bits per heavy atom. The molecule has 0 radical (unpaired) electrons. The van der Waals surface area contributed by atoms with Crippen LogP contribution in [0.2, 0.25) is 0 Å². The van der Waals surface area contributed by atoms with Gasteiger partial charge in [0.05, 0.1) is 12.7 Å². The molecule has 1 rings (SSSR count). The third-order valence-electron chi connectivity index (χ3n) is 2.30. The van der Waals surface area contributed by atoms with E-state index in [1.165, 1.54) is 7.11 Å². The number of rotatable bonds is 3. The summed E-state index contributed by atoms with van der Waals surface area (Å²) >= 11 is 0. The summed E-state index contributed by atoms with van der Waals surface area (Å²) in [6, 6.07) is -1.14. The molecular formula is C7H13N3O5. The lowest BCUT2D eigenvalue weighted by molar-refractivity contribution is -0.253. The zero-order chi connectivity index (χ0) is 11.4. The molecular weight excluding hydrogens is 206 g/mol. The van der Waals surface area contributed by atoms with Crippen LogP contribution < -0.4 is 0 Å². The first-order valence-electron chi connectivity index (χ1n) is 4.35. The van der Waals surface area contributed by atoms with Crippen LogP contribution in [0.25, 0.3) is 10.4 Å². The second-order valence-corrected chi connectivity index (χ2v) is 3.13. The van der Waals surface area contributed by atoms with Gasteiger partial charge in [-0.3, -0.25) is 0 Å². The molecule has 1 fully saturated rings. The Labute approximate surface area is 85.7 Å². The number of aliphatic hydroxyl groups is 3. The van der Waals surface area contributed by atoms with Gasteiger partial charge in [0, 0.05) is 12.0 Å². The predicted molar refractivity (Wildman–Crippen MR) is 47.7 cm³/mol. The van der Waals surface area contributed by atoms with Crippen LogP contribution in [0.4, 0.5) is 0 Å². The van der Waals surface area contributed by atoms with E-state index in [2.05, 4.69) is 10.0 Å². The number of hydrogen-bond donors (Lipinski definition) is 3. The Balaban J connectivity index is 2.83. The van der Waals surface area contributed by atoms with Crippen LogP contribution >= 0.6 is 0 Å². The molecule has 0 aromatic rings. The zero-order valence-electron chi connectivity index (χ0n) is 8.09. The Hall–Kier alpha value is -0.890. The SMILES string of the molecule is CO[C@@H]1C(CO)O[C@@H](O)C(N=[N+]=[N-])[C@H]1O. The molecule has 0 spiro atoms. The van der Waals surface area contributed by atoms with Crippen molar-refractivity contribution in [3.8, 4) is 0 Å². The van der Waals surface area contributed by atoms with Crippen LogP contribution in [-0.4, -0.2) is 59.7 Å². The number of nitrogens with zero attached hydrogens (tertiary/aromatic N) is 3. The molecule has 0 aromatic heterocycles. The van der Waals surface area contributed by atoms with Gasteiger partial charge in [-0.15, -0.1) is 0 Å². The summed E-state index contributed by atoms with van der Waals surface area (Å²) in [7, 11) is 1.32. The molecule has 0 bridgehead atoms. The van der Waals surface area contributed by atoms with Gasteiger partial charge in [-0.1, -0.05) is 5.11 Å². The number of aliphatic hydroxyl groups excluding tert-OH is 3. The first-order chi connectivity index (χ1) is 7.15.